The number of aliphatic carboxylic acids is 1. The summed E-state index contributed by atoms with van der Waals surface area (Å²) >= 11 is 0. The Labute approximate surface area is 77.2 Å². The van der Waals surface area contributed by atoms with Crippen molar-refractivity contribution in [1.82, 2.24) is 0 Å². The summed E-state index contributed by atoms with van der Waals surface area (Å²) in [6.45, 7) is 0. The summed E-state index contributed by atoms with van der Waals surface area (Å²) in [5.41, 5.74) is 3.56. The zero-order valence-corrected chi connectivity index (χ0v) is 7.38. The van der Waals surface area contributed by atoms with E-state index in [9.17, 15) is 9.90 Å². The Morgan fingerprint density at radius 2 is 2.08 bits per heavy atom. The predicted octanol–water partition coefficient (Wildman–Crippen LogP) is 0.468. The Morgan fingerprint density at radius 3 is 2.85 bits per heavy atom. The van der Waals surface area contributed by atoms with Crippen LogP contribution in [0.3, 0.4) is 0 Å². The number of carbonyl (C=O) groups is 1. The number of rotatable bonds is 2. The molecule has 1 aromatic carbocycles. The van der Waals surface area contributed by atoms with E-state index < -0.39 is 5.97 Å². The van der Waals surface area contributed by atoms with Gasteiger partial charge in [0.1, 0.15) is 0 Å². The van der Waals surface area contributed by atoms with E-state index in [0.717, 1.165) is 18.4 Å². The lowest BCUT2D eigenvalue weighted by molar-refractivity contribution is -0.304. The van der Waals surface area contributed by atoms with Gasteiger partial charge < -0.3 is 9.90 Å². The van der Waals surface area contributed by atoms with Crippen molar-refractivity contribution in [3.8, 4) is 0 Å². The summed E-state index contributed by atoms with van der Waals surface area (Å²) < 4.78 is 0. The zero-order valence-electron chi connectivity index (χ0n) is 7.38. The molecular formula is C11H11O2-. The number of fused-ring (bicyclic) bond motifs is 1. The largest absolute Gasteiger partial charge is 0.550 e. The summed E-state index contributed by atoms with van der Waals surface area (Å²) in [5, 5.41) is 10.4. The molecule has 0 saturated carbocycles. The number of aryl methyl sites for hydroxylation is 2. The second kappa shape index (κ2) is 3.21. The standard InChI is InChI=1S/C11H12O2/c12-11(13)7-8-4-5-9-2-1-3-10(9)6-8/h4-6H,1-3,7H2,(H,12,13)/p-1. The van der Waals surface area contributed by atoms with Crippen LogP contribution in [0, 0.1) is 0 Å². The molecule has 0 atom stereocenters. The third kappa shape index (κ3) is 1.72. The van der Waals surface area contributed by atoms with E-state index in [-0.39, 0.29) is 6.42 Å². The topological polar surface area (TPSA) is 40.1 Å². The quantitative estimate of drug-likeness (QED) is 0.655. The third-order valence-electron chi connectivity index (χ3n) is 2.51. The molecule has 13 heavy (non-hydrogen) atoms. The molecule has 1 aromatic rings. The Hall–Kier alpha value is -1.31. The molecule has 2 rings (SSSR count). The van der Waals surface area contributed by atoms with Crippen LogP contribution in [0.5, 0.6) is 0 Å². The predicted molar refractivity (Wildman–Crippen MR) is 47.2 cm³/mol. The lowest BCUT2D eigenvalue weighted by Crippen LogP contribution is -2.24. The van der Waals surface area contributed by atoms with Crippen LogP contribution in [-0.4, -0.2) is 5.97 Å². The van der Waals surface area contributed by atoms with Gasteiger partial charge in [-0.1, -0.05) is 18.2 Å². The molecule has 0 radical (unpaired) electrons. The molecule has 0 saturated heterocycles. The Morgan fingerprint density at radius 1 is 1.31 bits per heavy atom. The molecular weight excluding hydrogens is 164 g/mol. The molecule has 1 aliphatic rings. The number of carboxylic acid groups (broad SMARTS) is 1. The van der Waals surface area contributed by atoms with E-state index in [1.807, 2.05) is 18.2 Å². The summed E-state index contributed by atoms with van der Waals surface area (Å²) in [6.07, 6.45) is 3.47. The molecule has 68 valence electrons. The van der Waals surface area contributed by atoms with Crippen LogP contribution in [-0.2, 0) is 24.1 Å². The minimum atomic E-state index is -1.00. The molecule has 0 bridgehead atoms. The maximum absolute atomic E-state index is 10.4. The van der Waals surface area contributed by atoms with Gasteiger partial charge in [-0.2, -0.15) is 0 Å². The highest BCUT2D eigenvalue weighted by atomic mass is 16.4. The average Bonchev–Trinajstić information content (AvgIpc) is 2.49. The van der Waals surface area contributed by atoms with Crippen molar-refractivity contribution in [2.24, 2.45) is 0 Å². The molecule has 2 nitrogen and oxygen atoms in total. The SMILES string of the molecule is O=C([O-])Cc1ccc2c(c1)CCC2. The Balaban J connectivity index is 2.25. The summed E-state index contributed by atoms with van der Waals surface area (Å²) in [5.74, 6) is -1.00. The Kier molecular flexibility index (Phi) is 2.05. The van der Waals surface area contributed by atoms with Crippen molar-refractivity contribution in [2.75, 3.05) is 0 Å². The average molecular weight is 175 g/mol. The molecule has 0 aromatic heterocycles. The van der Waals surface area contributed by atoms with Gasteiger partial charge in [-0.15, -0.1) is 0 Å². The van der Waals surface area contributed by atoms with Gasteiger partial charge in [0.05, 0.1) is 0 Å². The Bertz CT molecular complexity index is 342. The number of carboxylic acids is 1. The number of hydrogen-bond acceptors (Lipinski definition) is 2. The van der Waals surface area contributed by atoms with Crippen molar-refractivity contribution in [1.29, 1.82) is 0 Å². The van der Waals surface area contributed by atoms with Crippen molar-refractivity contribution in [3.63, 3.8) is 0 Å². The number of benzene rings is 1. The van der Waals surface area contributed by atoms with Crippen molar-refractivity contribution in [3.05, 3.63) is 34.9 Å². The fraction of sp³-hybridized carbons (Fsp3) is 0.364. The van der Waals surface area contributed by atoms with Crippen LogP contribution in [0.4, 0.5) is 0 Å². The van der Waals surface area contributed by atoms with E-state index >= 15 is 0 Å². The van der Waals surface area contributed by atoms with Gasteiger partial charge in [0.15, 0.2) is 0 Å². The minimum Gasteiger partial charge on any atom is -0.550 e. The van der Waals surface area contributed by atoms with Crippen LogP contribution in [0.15, 0.2) is 18.2 Å². The summed E-state index contributed by atoms with van der Waals surface area (Å²) in [6, 6.07) is 5.93. The maximum atomic E-state index is 10.4. The van der Waals surface area contributed by atoms with E-state index in [0.29, 0.717) is 0 Å². The molecule has 2 heteroatoms. The lowest BCUT2D eigenvalue weighted by Gasteiger charge is -2.05. The van der Waals surface area contributed by atoms with Crippen molar-refractivity contribution in [2.45, 2.75) is 25.7 Å². The van der Waals surface area contributed by atoms with E-state index in [2.05, 4.69) is 0 Å². The second-order valence-electron chi connectivity index (χ2n) is 3.51. The van der Waals surface area contributed by atoms with Gasteiger partial charge in [0.2, 0.25) is 0 Å². The maximum Gasteiger partial charge on any atom is 0.0458 e. The number of hydrogen-bond donors (Lipinski definition) is 0. The molecule has 0 amide bonds. The van der Waals surface area contributed by atoms with Gasteiger partial charge in [0, 0.05) is 12.4 Å². The van der Waals surface area contributed by atoms with Gasteiger partial charge in [-0.05, 0) is 36.0 Å². The molecule has 0 aliphatic heterocycles. The van der Waals surface area contributed by atoms with E-state index in [1.54, 1.807) is 0 Å². The lowest BCUT2D eigenvalue weighted by atomic mass is 10.0. The molecule has 1 aliphatic carbocycles. The van der Waals surface area contributed by atoms with E-state index in [4.69, 9.17) is 0 Å². The zero-order chi connectivity index (χ0) is 9.26. The summed E-state index contributed by atoms with van der Waals surface area (Å²) in [7, 11) is 0. The summed E-state index contributed by atoms with van der Waals surface area (Å²) in [4.78, 5) is 10.4. The molecule has 0 fully saturated rings. The molecule has 0 unspecified atom stereocenters. The van der Waals surface area contributed by atoms with Crippen molar-refractivity contribution >= 4 is 5.97 Å². The first-order valence-electron chi connectivity index (χ1n) is 4.56. The van der Waals surface area contributed by atoms with Crippen LogP contribution in [0.2, 0.25) is 0 Å². The first-order chi connectivity index (χ1) is 6.25. The smallest absolute Gasteiger partial charge is 0.0458 e. The fourth-order valence-electron chi connectivity index (χ4n) is 1.90. The molecule has 0 N–H and O–H groups in total. The van der Waals surface area contributed by atoms with Crippen LogP contribution < -0.4 is 5.11 Å². The third-order valence-corrected chi connectivity index (χ3v) is 2.51. The van der Waals surface area contributed by atoms with Gasteiger partial charge in [-0.3, -0.25) is 0 Å². The fourth-order valence-corrected chi connectivity index (χ4v) is 1.90. The highest BCUT2D eigenvalue weighted by molar-refractivity contribution is 5.68. The van der Waals surface area contributed by atoms with Crippen LogP contribution in [0.25, 0.3) is 0 Å². The van der Waals surface area contributed by atoms with E-state index in [1.165, 1.54) is 17.5 Å². The monoisotopic (exact) mass is 175 g/mol. The first kappa shape index (κ1) is 8.30. The van der Waals surface area contributed by atoms with Gasteiger partial charge in [-0.25, -0.2) is 0 Å². The molecule has 0 heterocycles. The highest BCUT2D eigenvalue weighted by Crippen LogP contribution is 2.22. The minimum absolute atomic E-state index is 0.0350. The normalized spacial score (nSPS) is 14.2. The highest BCUT2D eigenvalue weighted by Gasteiger charge is 2.10. The van der Waals surface area contributed by atoms with Gasteiger partial charge in [0.25, 0.3) is 0 Å². The van der Waals surface area contributed by atoms with Crippen LogP contribution in [0.1, 0.15) is 23.1 Å². The first-order valence-corrected chi connectivity index (χ1v) is 4.56. The molecule has 0 spiro atoms. The second-order valence-corrected chi connectivity index (χ2v) is 3.51. The van der Waals surface area contributed by atoms with Crippen molar-refractivity contribution < 1.29 is 9.90 Å². The van der Waals surface area contributed by atoms with Crippen LogP contribution >= 0.6 is 0 Å². The number of carbonyl (C=O) groups excluding carboxylic acids is 1. The van der Waals surface area contributed by atoms with Gasteiger partial charge >= 0.3 is 0 Å².